The molecule has 35 heavy (non-hydrogen) atoms. The monoisotopic (exact) mass is 538 g/mol. The van der Waals surface area contributed by atoms with Crippen LogP contribution in [0.5, 0.6) is 11.5 Å². The fraction of sp³-hybridized carbons (Fsp3) is 0.286. The summed E-state index contributed by atoms with van der Waals surface area (Å²) in [5.41, 5.74) is 1.88. The van der Waals surface area contributed by atoms with E-state index in [1.54, 1.807) is 36.3 Å². The van der Waals surface area contributed by atoms with E-state index in [0.29, 0.717) is 17.9 Å². The van der Waals surface area contributed by atoms with E-state index < -0.39 is 6.04 Å². The number of hydrogen-bond acceptors (Lipinski definition) is 4. The molecule has 0 aliphatic rings. The molecule has 0 spiro atoms. The van der Waals surface area contributed by atoms with Gasteiger partial charge in [-0.15, -0.1) is 0 Å². The van der Waals surface area contributed by atoms with Crippen LogP contribution in [0.4, 0.5) is 0 Å². The largest absolute Gasteiger partial charge is 0.497 e. The molecule has 7 heteroatoms. The number of amides is 2. The molecule has 0 saturated carbocycles. The van der Waals surface area contributed by atoms with Gasteiger partial charge < -0.3 is 19.7 Å². The van der Waals surface area contributed by atoms with E-state index in [0.717, 1.165) is 15.6 Å². The number of hydrogen-bond donors (Lipinski definition) is 1. The van der Waals surface area contributed by atoms with Crippen molar-refractivity contribution in [2.75, 3.05) is 13.7 Å². The van der Waals surface area contributed by atoms with Gasteiger partial charge in [0.25, 0.3) is 5.91 Å². The van der Waals surface area contributed by atoms with E-state index in [-0.39, 0.29) is 31.0 Å². The van der Waals surface area contributed by atoms with Gasteiger partial charge in [0.1, 0.15) is 17.5 Å². The molecule has 0 aliphatic heterocycles. The van der Waals surface area contributed by atoms with Gasteiger partial charge in [-0.05, 0) is 61.4 Å². The molecule has 3 aromatic rings. The summed E-state index contributed by atoms with van der Waals surface area (Å²) in [6.45, 7) is 3.89. The molecule has 0 aromatic heterocycles. The zero-order valence-corrected chi connectivity index (χ0v) is 21.8. The molecule has 0 saturated heterocycles. The third-order valence-corrected chi connectivity index (χ3v) is 5.86. The Hall–Kier alpha value is -3.32. The lowest BCUT2D eigenvalue weighted by Gasteiger charge is -2.32. The van der Waals surface area contributed by atoms with Gasteiger partial charge in [-0.25, -0.2) is 0 Å². The maximum Gasteiger partial charge on any atom is 0.261 e. The lowest BCUT2D eigenvalue weighted by atomic mass is 10.0. The van der Waals surface area contributed by atoms with Gasteiger partial charge in [0.2, 0.25) is 5.91 Å². The predicted octanol–water partition coefficient (Wildman–Crippen LogP) is 5.00. The second-order valence-electron chi connectivity index (χ2n) is 8.48. The van der Waals surface area contributed by atoms with Crippen molar-refractivity contribution in [2.24, 2.45) is 0 Å². The Balaban J connectivity index is 1.88. The van der Waals surface area contributed by atoms with Gasteiger partial charge in [-0.2, -0.15) is 0 Å². The first kappa shape index (κ1) is 26.3. The van der Waals surface area contributed by atoms with E-state index in [9.17, 15) is 9.59 Å². The van der Waals surface area contributed by atoms with Crippen LogP contribution >= 0.6 is 15.9 Å². The number of carbonyl (C=O) groups is 2. The number of nitrogens with zero attached hydrogens (tertiary/aromatic N) is 1. The minimum atomic E-state index is -0.703. The lowest BCUT2D eigenvalue weighted by molar-refractivity contribution is -0.143. The predicted molar refractivity (Wildman–Crippen MR) is 140 cm³/mol. The van der Waals surface area contributed by atoms with E-state index >= 15 is 0 Å². The van der Waals surface area contributed by atoms with Crippen molar-refractivity contribution in [1.82, 2.24) is 10.2 Å². The Morgan fingerprint density at radius 2 is 1.57 bits per heavy atom. The zero-order chi connectivity index (χ0) is 25.2. The van der Waals surface area contributed by atoms with Gasteiger partial charge in [0.15, 0.2) is 6.61 Å². The van der Waals surface area contributed by atoms with Crippen LogP contribution in [0.25, 0.3) is 0 Å². The van der Waals surface area contributed by atoms with Crippen molar-refractivity contribution in [3.05, 3.63) is 94.5 Å². The average Bonchev–Trinajstić information content (AvgIpc) is 2.85. The summed E-state index contributed by atoms with van der Waals surface area (Å²) < 4.78 is 11.9. The average molecular weight is 539 g/mol. The van der Waals surface area contributed by atoms with Crippen LogP contribution < -0.4 is 14.8 Å². The Kier molecular flexibility index (Phi) is 9.73. The van der Waals surface area contributed by atoms with Crippen molar-refractivity contribution in [3.8, 4) is 11.5 Å². The highest BCUT2D eigenvalue weighted by Crippen LogP contribution is 2.20. The molecule has 1 atom stereocenters. The molecule has 1 N–H and O–H groups in total. The van der Waals surface area contributed by atoms with E-state index in [1.165, 1.54) is 0 Å². The molecular weight excluding hydrogens is 508 g/mol. The number of benzene rings is 3. The summed E-state index contributed by atoms with van der Waals surface area (Å²) in [4.78, 5) is 28.5. The topological polar surface area (TPSA) is 67.9 Å². The first-order chi connectivity index (χ1) is 16.9. The first-order valence-corrected chi connectivity index (χ1v) is 12.3. The number of carbonyl (C=O) groups excluding carboxylic acids is 2. The van der Waals surface area contributed by atoms with Crippen molar-refractivity contribution < 1.29 is 19.1 Å². The van der Waals surface area contributed by atoms with Gasteiger partial charge in [-0.3, -0.25) is 9.59 Å². The third kappa shape index (κ3) is 8.14. The summed E-state index contributed by atoms with van der Waals surface area (Å²) >= 11 is 3.50. The quantitative estimate of drug-likeness (QED) is 0.373. The van der Waals surface area contributed by atoms with Crippen LogP contribution in [-0.4, -0.2) is 42.5 Å². The number of ether oxygens (including phenoxy) is 2. The normalized spacial score (nSPS) is 11.6. The van der Waals surface area contributed by atoms with Gasteiger partial charge in [0, 0.05) is 23.5 Å². The SMILES string of the molecule is COc1ccc(OCC(=O)N(Cc2cccc(Br)c2)[C@@H](Cc2ccccc2)C(=O)NC(C)C)cc1. The molecule has 0 radical (unpaired) electrons. The third-order valence-electron chi connectivity index (χ3n) is 5.37. The molecule has 0 aliphatic carbocycles. The zero-order valence-electron chi connectivity index (χ0n) is 20.2. The second-order valence-corrected chi connectivity index (χ2v) is 9.40. The van der Waals surface area contributed by atoms with Crippen LogP contribution in [0.1, 0.15) is 25.0 Å². The Bertz CT molecular complexity index is 1100. The van der Waals surface area contributed by atoms with Crippen LogP contribution in [-0.2, 0) is 22.6 Å². The summed E-state index contributed by atoms with van der Waals surface area (Å²) in [6.07, 6.45) is 0.391. The van der Waals surface area contributed by atoms with Gasteiger partial charge >= 0.3 is 0 Å². The fourth-order valence-corrected chi connectivity index (χ4v) is 4.11. The maximum atomic E-state index is 13.5. The number of halogens is 1. The number of rotatable bonds is 11. The van der Waals surface area contributed by atoms with E-state index in [1.807, 2.05) is 68.4 Å². The number of nitrogens with one attached hydrogen (secondary N) is 1. The Labute approximate surface area is 215 Å². The highest BCUT2D eigenvalue weighted by Gasteiger charge is 2.31. The standard InChI is InChI=1S/C28H31BrN2O4/c1-20(2)30-28(33)26(17-21-8-5-4-6-9-21)31(18-22-10-7-11-23(29)16-22)27(32)19-35-25-14-12-24(34-3)13-15-25/h4-16,20,26H,17-19H2,1-3H3,(H,30,33)/t26-/m0/s1. The molecule has 3 rings (SSSR count). The smallest absolute Gasteiger partial charge is 0.261 e. The van der Waals surface area contributed by atoms with Crippen LogP contribution in [0.15, 0.2) is 83.3 Å². The fourth-order valence-electron chi connectivity index (χ4n) is 3.67. The highest BCUT2D eigenvalue weighted by molar-refractivity contribution is 9.10. The molecular formula is C28H31BrN2O4. The molecule has 0 fully saturated rings. The van der Waals surface area contributed by atoms with Crippen LogP contribution in [0, 0.1) is 0 Å². The van der Waals surface area contributed by atoms with Crippen molar-refractivity contribution in [3.63, 3.8) is 0 Å². The minimum Gasteiger partial charge on any atom is -0.497 e. The summed E-state index contributed by atoms with van der Waals surface area (Å²) in [6, 6.07) is 23.7. The van der Waals surface area contributed by atoms with Gasteiger partial charge in [0.05, 0.1) is 7.11 Å². The molecule has 2 amide bonds. The molecule has 3 aromatic carbocycles. The Morgan fingerprint density at radius 1 is 0.914 bits per heavy atom. The molecule has 6 nitrogen and oxygen atoms in total. The van der Waals surface area contributed by atoms with E-state index in [4.69, 9.17) is 9.47 Å². The lowest BCUT2D eigenvalue weighted by Crippen LogP contribution is -2.52. The summed E-state index contributed by atoms with van der Waals surface area (Å²) in [7, 11) is 1.59. The molecule has 0 bridgehead atoms. The van der Waals surface area contributed by atoms with Gasteiger partial charge in [-0.1, -0.05) is 58.4 Å². The second kappa shape index (κ2) is 13.0. The molecule has 0 unspecified atom stereocenters. The van der Waals surface area contributed by atoms with Crippen molar-refractivity contribution >= 4 is 27.7 Å². The van der Waals surface area contributed by atoms with Crippen LogP contribution in [0.3, 0.4) is 0 Å². The minimum absolute atomic E-state index is 0.0563. The first-order valence-electron chi connectivity index (χ1n) is 11.5. The number of methoxy groups -OCH3 is 1. The van der Waals surface area contributed by atoms with E-state index in [2.05, 4.69) is 21.2 Å². The highest BCUT2D eigenvalue weighted by atomic mass is 79.9. The Morgan fingerprint density at radius 3 is 2.20 bits per heavy atom. The van der Waals surface area contributed by atoms with Crippen molar-refractivity contribution in [1.29, 1.82) is 0 Å². The molecule has 0 heterocycles. The summed E-state index contributed by atoms with van der Waals surface area (Å²) in [5, 5.41) is 2.99. The summed E-state index contributed by atoms with van der Waals surface area (Å²) in [5.74, 6) is 0.776. The van der Waals surface area contributed by atoms with Crippen molar-refractivity contribution in [2.45, 2.75) is 38.9 Å². The molecule has 184 valence electrons. The van der Waals surface area contributed by atoms with Crippen LogP contribution in [0.2, 0.25) is 0 Å². The maximum absolute atomic E-state index is 13.5.